The number of aromatic amines is 6. The van der Waals surface area contributed by atoms with Crippen molar-refractivity contribution in [1.29, 1.82) is 0 Å². The van der Waals surface area contributed by atoms with Gasteiger partial charge in [0.1, 0.15) is 5.69 Å². The summed E-state index contributed by atoms with van der Waals surface area (Å²) in [6, 6.07) is 1.24. The maximum absolute atomic E-state index is 10.6. The smallest absolute Gasteiger partial charge is 0.349 e. The number of hydrogen-bond donors (Lipinski definition) is 8. The molecule has 0 aliphatic rings. The number of nitrogen functional groups attached to an aromatic ring is 1. The van der Waals surface area contributed by atoms with Crippen molar-refractivity contribution in [3.8, 4) is 0 Å². The van der Waals surface area contributed by atoms with E-state index in [1.165, 1.54) is 12.3 Å². The monoisotopic (exact) mass is 475 g/mol. The number of nitrogens with zero attached hydrogens (tertiary/aromatic N) is 2. The van der Waals surface area contributed by atoms with Crippen molar-refractivity contribution in [2.24, 2.45) is 0 Å². The number of hydrogen-bond acceptors (Lipinski definition) is 11. The maximum Gasteiger partial charge on any atom is 0.349 e. The number of rotatable bonds is 1. The average Bonchev–Trinajstić information content (AvgIpc) is 2.65. The maximum atomic E-state index is 10.6. The summed E-state index contributed by atoms with van der Waals surface area (Å²) in [5.41, 5.74) is 0.684. The molecule has 0 amide bonds. The van der Waals surface area contributed by atoms with Gasteiger partial charge in [-0.2, -0.15) is 0 Å². The van der Waals surface area contributed by atoms with Crippen LogP contribution >= 0.6 is 0 Å². The number of nitrogens with two attached hydrogens (primary N) is 1. The van der Waals surface area contributed by atoms with Crippen LogP contribution in [-0.4, -0.2) is 45.1 Å². The lowest BCUT2D eigenvalue weighted by Crippen LogP contribution is -2.23. The SMILES string of the molecule is C.Nc1c[nH]c(=O)[nH]c1=O.O=[N+]([O-])O.O=c1[nH]cc([N+](=O)[O-])c(=O)[nH]1.O=c1cc[nH]c(=O)[nH]1. The predicted molar refractivity (Wildman–Crippen MR) is 110 cm³/mol. The van der Waals surface area contributed by atoms with Gasteiger partial charge in [0.25, 0.3) is 16.2 Å². The summed E-state index contributed by atoms with van der Waals surface area (Å²) in [7, 11) is 0. The van der Waals surface area contributed by atoms with E-state index in [9.17, 15) is 38.9 Å². The summed E-state index contributed by atoms with van der Waals surface area (Å²) < 4.78 is 0. The molecular weight excluding hydrogens is 458 g/mol. The van der Waals surface area contributed by atoms with Crippen LogP contribution in [0.15, 0.2) is 53.4 Å². The van der Waals surface area contributed by atoms with Crippen LogP contribution in [0.4, 0.5) is 11.4 Å². The second-order valence-electron chi connectivity index (χ2n) is 4.78. The number of aromatic nitrogens is 6. The highest BCUT2D eigenvalue weighted by Gasteiger charge is 2.10. The Morgan fingerprint density at radius 3 is 1.58 bits per heavy atom. The number of H-pyrrole nitrogens is 6. The number of anilines is 1. The van der Waals surface area contributed by atoms with Crippen LogP contribution in [0.2, 0.25) is 0 Å². The molecule has 0 aliphatic carbocycles. The first-order valence-electron chi connectivity index (χ1n) is 7.48. The molecule has 0 saturated carbocycles. The largest absolute Gasteiger partial charge is 0.393 e. The molecule has 0 fully saturated rings. The molecule has 0 aromatic carbocycles. The van der Waals surface area contributed by atoms with Gasteiger partial charge < -0.3 is 25.9 Å². The fourth-order valence-corrected chi connectivity index (χ4v) is 1.34. The lowest BCUT2D eigenvalue weighted by Gasteiger charge is -1.85. The van der Waals surface area contributed by atoms with Crippen molar-refractivity contribution in [3.05, 3.63) is 107 Å². The molecule has 20 nitrogen and oxygen atoms in total. The van der Waals surface area contributed by atoms with Crippen molar-refractivity contribution in [2.75, 3.05) is 5.73 Å². The van der Waals surface area contributed by atoms with Crippen LogP contribution in [-0.2, 0) is 0 Å². The van der Waals surface area contributed by atoms with E-state index in [1.807, 2.05) is 15.0 Å². The van der Waals surface area contributed by atoms with Gasteiger partial charge in [-0.05, 0) is 0 Å². The molecule has 0 aliphatic heterocycles. The summed E-state index contributed by atoms with van der Waals surface area (Å²) in [4.78, 5) is 91.6. The van der Waals surface area contributed by atoms with Crippen molar-refractivity contribution < 1.29 is 15.2 Å². The Hall–Kier alpha value is -5.56. The van der Waals surface area contributed by atoms with Gasteiger partial charge in [-0.25, -0.2) is 14.4 Å². The number of nitrogens with one attached hydrogen (secondary N) is 6. The minimum atomic E-state index is -1.50. The Bertz CT molecular complexity index is 1360. The summed E-state index contributed by atoms with van der Waals surface area (Å²) in [5, 5.41) is 23.6. The van der Waals surface area contributed by atoms with Crippen LogP contribution in [0.1, 0.15) is 7.43 Å². The highest BCUT2D eigenvalue weighted by molar-refractivity contribution is 5.29. The van der Waals surface area contributed by atoms with Gasteiger partial charge in [-0.1, -0.05) is 7.43 Å². The van der Waals surface area contributed by atoms with Crippen LogP contribution in [0.25, 0.3) is 0 Å². The molecule has 0 bridgehead atoms. The van der Waals surface area contributed by atoms with Crippen LogP contribution in [0, 0.1) is 20.2 Å². The first-order valence-corrected chi connectivity index (χ1v) is 7.48. The quantitative estimate of drug-likeness (QED) is 0.129. The molecule has 3 aromatic rings. The highest BCUT2D eigenvalue weighted by atomic mass is 16.9. The Labute approximate surface area is 178 Å². The Morgan fingerprint density at radius 2 is 1.24 bits per heavy atom. The number of nitro groups is 1. The lowest BCUT2D eigenvalue weighted by molar-refractivity contribution is -0.742. The van der Waals surface area contributed by atoms with Gasteiger partial charge in [0.15, 0.2) is 0 Å². The molecule has 0 saturated heterocycles. The molecule has 33 heavy (non-hydrogen) atoms. The minimum Gasteiger partial charge on any atom is -0.393 e. The molecule has 0 radical (unpaired) electrons. The summed E-state index contributed by atoms with van der Waals surface area (Å²) in [6.45, 7) is 0. The van der Waals surface area contributed by atoms with E-state index < -0.39 is 43.9 Å². The first kappa shape index (κ1) is 29.6. The third-order valence-corrected chi connectivity index (χ3v) is 2.53. The lowest BCUT2D eigenvalue weighted by atomic mass is 10.5. The van der Waals surface area contributed by atoms with Crippen LogP contribution < -0.4 is 39.5 Å². The zero-order chi connectivity index (χ0) is 24.8. The van der Waals surface area contributed by atoms with Gasteiger partial charge in [-0.15, -0.1) is 10.1 Å². The summed E-state index contributed by atoms with van der Waals surface area (Å²) in [6.07, 6.45) is 3.20. The molecule has 0 unspecified atom stereocenters. The van der Waals surface area contributed by atoms with Gasteiger partial charge in [0.05, 0.1) is 11.1 Å². The minimum absolute atomic E-state index is 0. The molecule has 20 heteroatoms. The Morgan fingerprint density at radius 1 is 0.788 bits per heavy atom. The van der Waals surface area contributed by atoms with Crippen LogP contribution in [0.3, 0.4) is 0 Å². The van der Waals surface area contributed by atoms with Crippen molar-refractivity contribution in [1.82, 2.24) is 29.9 Å². The van der Waals surface area contributed by atoms with Gasteiger partial charge in [0, 0.05) is 18.5 Å². The molecule has 0 atom stereocenters. The van der Waals surface area contributed by atoms with E-state index >= 15 is 0 Å². The topological polar surface area (TPSA) is 330 Å². The molecule has 3 rings (SSSR count). The van der Waals surface area contributed by atoms with Gasteiger partial charge in [0.2, 0.25) is 0 Å². The van der Waals surface area contributed by atoms with E-state index in [0.717, 1.165) is 12.4 Å². The molecule has 0 spiro atoms. The summed E-state index contributed by atoms with van der Waals surface area (Å²) >= 11 is 0. The zero-order valence-corrected chi connectivity index (χ0v) is 15.3. The van der Waals surface area contributed by atoms with Crippen molar-refractivity contribution >= 4 is 11.4 Å². The van der Waals surface area contributed by atoms with E-state index in [0.29, 0.717) is 0 Å². The van der Waals surface area contributed by atoms with Crippen molar-refractivity contribution in [2.45, 2.75) is 7.43 Å². The van der Waals surface area contributed by atoms with E-state index in [4.69, 9.17) is 21.1 Å². The fraction of sp³-hybridized carbons (Fsp3) is 0.0769. The third kappa shape index (κ3) is 13.3. The molecular formula is C13H17N9O11. The predicted octanol–water partition coefficient (Wildman–Crippen LogP) is -3.03. The highest BCUT2D eigenvalue weighted by Crippen LogP contribution is 1.94. The standard InChI is InChI=1S/C4H3N3O4.C4H5N3O2.C4H4N2O2.CH4.HNO3/c8-3-2(7(10)11)1-5-4(9)6-3;5-2-1-6-4(9)7-3(2)8;7-3-1-2-5-4(8)6-3;;2-1(3)4/h1H,(H2,5,6,8,9);1H,5H2,(H2,6,7,8,9);1-2H,(H2,5,6,7,8);1H4;(H,2,3,4). The van der Waals surface area contributed by atoms with Crippen molar-refractivity contribution in [3.63, 3.8) is 0 Å². The van der Waals surface area contributed by atoms with Crippen LogP contribution in [0.5, 0.6) is 0 Å². The van der Waals surface area contributed by atoms with Gasteiger partial charge >= 0.3 is 28.3 Å². The normalized spacial score (nSPS) is 8.61. The van der Waals surface area contributed by atoms with E-state index in [-0.39, 0.29) is 18.7 Å². The third-order valence-electron chi connectivity index (χ3n) is 2.53. The second-order valence-corrected chi connectivity index (χ2v) is 4.78. The molecule has 3 heterocycles. The molecule has 9 N–H and O–H groups in total. The van der Waals surface area contributed by atoms with Gasteiger partial charge in [-0.3, -0.25) is 39.4 Å². The first-order chi connectivity index (χ1) is 14.8. The average molecular weight is 475 g/mol. The fourth-order valence-electron chi connectivity index (χ4n) is 1.34. The molecule has 3 aromatic heterocycles. The molecule has 180 valence electrons. The van der Waals surface area contributed by atoms with E-state index in [2.05, 4.69) is 9.97 Å². The zero-order valence-electron chi connectivity index (χ0n) is 15.3. The Balaban J connectivity index is 0. The summed E-state index contributed by atoms with van der Waals surface area (Å²) in [5.74, 6) is 0. The van der Waals surface area contributed by atoms with E-state index in [1.54, 1.807) is 4.98 Å². The second kappa shape index (κ2) is 14.4. The Kier molecular flexibility index (Phi) is 13.0.